The number of morpholine rings is 1. The Kier molecular flexibility index (Phi) is 4.93. The molecule has 0 saturated carbocycles. The molecular weight excluding hydrogens is 326 g/mol. The number of ether oxygens (including phenoxy) is 1. The van der Waals surface area contributed by atoms with Crippen LogP contribution in [0.3, 0.4) is 0 Å². The Labute approximate surface area is 155 Å². The summed E-state index contributed by atoms with van der Waals surface area (Å²) in [4.78, 5) is 16.3. The average molecular weight is 353 g/mol. The number of piperazine rings is 1. The topological polar surface area (TPSA) is 44.7 Å². The molecule has 138 valence electrons. The molecule has 0 aliphatic carbocycles. The molecule has 1 aromatic carbocycles. The standard InChI is InChI=1S/C20H27N5O/c1-16-4-3-5-18(17(16)2)23-8-10-24(11-9-23)19-6-7-21-20(22-19)25-12-14-26-15-13-25/h3-7H,8-15H2,1-2H3. The third kappa shape index (κ3) is 3.46. The quantitative estimate of drug-likeness (QED) is 0.843. The summed E-state index contributed by atoms with van der Waals surface area (Å²) < 4.78 is 5.43. The van der Waals surface area contributed by atoms with Gasteiger partial charge in [-0.1, -0.05) is 12.1 Å². The minimum Gasteiger partial charge on any atom is -0.378 e. The summed E-state index contributed by atoms with van der Waals surface area (Å²) in [6, 6.07) is 8.60. The fourth-order valence-corrected chi connectivity index (χ4v) is 3.69. The van der Waals surface area contributed by atoms with Gasteiger partial charge in [0.15, 0.2) is 0 Å². The van der Waals surface area contributed by atoms with Gasteiger partial charge in [0.2, 0.25) is 5.95 Å². The van der Waals surface area contributed by atoms with Crippen LogP contribution in [0.2, 0.25) is 0 Å². The lowest BCUT2D eigenvalue weighted by molar-refractivity contribution is 0.122. The Balaban J connectivity index is 1.44. The monoisotopic (exact) mass is 353 g/mol. The minimum absolute atomic E-state index is 0.752. The lowest BCUT2D eigenvalue weighted by atomic mass is 10.1. The second kappa shape index (κ2) is 7.50. The highest BCUT2D eigenvalue weighted by molar-refractivity contribution is 5.57. The Bertz CT molecular complexity index is 752. The summed E-state index contributed by atoms with van der Waals surface area (Å²) in [5.74, 6) is 1.85. The highest BCUT2D eigenvalue weighted by atomic mass is 16.5. The Morgan fingerprint density at radius 3 is 2.35 bits per heavy atom. The van der Waals surface area contributed by atoms with E-state index in [1.165, 1.54) is 16.8 Å². The molecule has 0 bridgehead atoms. The van der Waals surface area contributed by atoms with Crippen LogP contribution in [-0.4, -0.2) is 62.5 Å². The van der Waals surface area contributed by atoms with Crippen molar-refractivity contribution in [2.45, 2.75) is 13.8 Å². The van der Waals surface area contributed by atoms with E-state index >= 15 is 0 Å². The van der Waals surface area contributed by atoms with Crippen LogP contribution in [0.1, 0.15) is 11.1 Å². The second-order valence-corrected chi connectivity index (χ2v) is 7.01. The first-order valence-electron chi connectivity index (χ1n) is 9.44. The van der Waals surface area contributed by atoms with Gasteiger partial charge in [-0.05, 0) is 37.1 Å². The second-order valence-electron chi connectivity index (χ2n) is 7.01. The highest BCUT2D eigenvalue weighted by Crippen LogP contribution is 2.25. The van der Waals surface area contributed by atoms with E-state index in [1.807, 2.05) is 12.3 Å². The number of anilines is 3. The summed E-state index contributed by atoms with van der Waals surface area (Å²) in [6.07, 6.45) is 1.88. The molecule has 2 aromatic rings. The van der Waals surface area contributed by atoms with E-state index in [9.17, 15) is 0 Å². The Hall–Kier alpha value is -2.34. The number of hydrogen-bond acceptors (Lipinski definition) is 6. The SMILES string of the molecule is Cc1cccc(N2CCN(c3ccnc(N4CCOCC4)n3)CC2)c1C. The smallest absolute Gasteiger partial charge is 0.227 e. The molecule has 0 amide bonds. The molecule has 26 heavy (non-hydrogen) atoms. The van der Waals surface area contributed by atoms with Crippen molar-refractivity contribution in [3.8, 4) is 0 Å². The van der Waals surface area contributed by atoms with Crippen LogP contribution in [0.5, 0.6) is 0 Å². The van der Waals surface area contributed by atoms with Gasteiger partial charge in [0.1, 0.15) is 5.82 Å². The number of rotatable bonds is 3. The van der Waals surface area contributed by atoms with Gasteiger partial charge in [-0.3, -0.25) is 0 Å². The average Bonchev–Trinajstić information content (AvgIpc) is 2.71. The van der Waals surface area contributed by atoms with Crippen molar-refractivity contribution in [2.75, 3.05) is 67.2 Å². The fraction of sp³-hybridized carbons (Fsp3) is 0.500. The Morgan fingerprint density at radius 2 is 1.58 bits per heavy atom. The molecule has 2 fully saturated rings. The molecule has 0 spiro atoms. The number of aryl methyl sites for hydroxylation is 1. The fourth-order valence-electron chi connectivity index (χ4n) is 3.69. The zero-order chi connectivity index (χ0) is 17.9. The van der Waals surface area contributed by atoms with Crippen molar-refractivity contribution < 1.29 is 4.74 Å². The van der Waals surface area contributed by atoms with Crippen molar-refractivity contribution in [3.63, 3.8) is 0 Å². The molecule has 0 unspecified atom stereocenters. The minimum atomic E-state index is 0.752. The summed E-state index contributed by atoms with van der Waals surface area (Å²) in [7, 11) is 0. The number of benzene rings is 1. The van der Waals surface area contributed by atoms with E-state index in [-0.39, 0.29) is 0 Å². The first-order valence-corrected chi connectivity index (χ1v) is 9.44. The lowest BCUT2D eigenvalue weighted by Gasteiger charge is -2.38. The van der Waals surface area contributed by atoms with Crippen LogP contribution in [-0.2, 0) is 4.74 Å². The van der Waals surface area contributed by atoms with Crippen LogP contribution >= 0.6 is 0 Å². The highest BCUT2D eigenvalue weighted by Gasteiger charge is 2.21. The van der Waals surface area contributed by atoms with E-state index in [0.717, 1.165) is 64.2 Å². The molecule has 4 rings (SSSR count). The van der Waals surface area contributed by atoms with Gasteiger partial charge in [0, 0.05) is 51.2 Å². The van der Waals surface area contributed by atoms with Crippen LogP contribution in [0.25, 0.3) is 0 Å². The van der Waals surface area contributed by atoms with Crippen molar-refractivity contribution >= 4 is 17.5 Å². The molecular formula is C20H27N5O. The van der Waals surface area contributed by atoms with E-state index in [1.54, 1.807) is 0 Å². The largest absolute Gasteiger partial charge is 0.378 e. The third-order valence-electron chi connectivity index (χ3n) is 5.44. The van der Waals surface area contributed by atoms with Gasteiger partial charge in [-0.2, -0.15) is 4.98 Å². The van der Waals surface area contributed by atoms with Crippen LogP contribution in [0.4, 0.5) is 17.5 Å². The van der Waals surface area contributed by atoms with Crippen molar-refractivity contribution in [2.24, 2.45) is 0 Å². The van der Waals surface area contributed by atoms with E-state index in [2.05, 4.69) is 51.7 Å². The number of hydrogen-bond donors (Lipinski definition) is 0. The molecule has 6 heteroatoms. The number of aromatic nitrogens is 2. The third-order valence-corrected chi connectivity index (χ3v) is 5.44. The van der Waals surface area contributed by atoms with Gasteiger partial charge in [-0.15, -0.1) is 0 Å². The molecule has 2 aliphatic rings. The van der Waals surface area contributed by atoms with Gasteiger partial charge >= 0.3 is 0 Å². The van der Waals surface area contributed by atoms with Gasteiger partial charge in [-0.25, -0.2) is 4.98 Å². The summed E-state index contributed by atoms with van der Waals surface area (Å²) in [5, 5.41) is 0. The molecule has 0 atom stereocenters. The zero-order valence-corrected chi connectivity index (χ0v) is 15.7. The van der Waals surface area contributed by atoms with Crippen molar-refractivity contribution in [1.82, 2.24) is 9.97 Å². The molecule has 6 nitrogen and oxygen atoms in total. The predicted molar refractivity (Wildman–Crippen MR) is 105 cm³/mol. The Morgan fingerprint density at radius 1 is 0.846 bits per heavy atom. The first kappa shape index (κ1) is 17.1. The molecule has 3 heterocycles. The molecule has 0 radical (unpaired) electrons. The van der Waals surface area contributed by atoms with Crippen molar-refractivity contribution in [1.29, 1.82) is 0 Å². The maximum Gasteiger partial charge on any atom is 0.227 e. The van der Waals surface area contributed by atoms with Crippen LogP contribution in [0.15, 0.2) is 30.5 Å². The summed E-state index contributed by atoms with van der Waals surface area (Å²) in [5.41, 5.74) is 4.11. The zero-order valence-electron chi connectivity index (χ0n) is 15.7. The van der Waals surface area contributed by atoms with E-state index in [0.29, 0.717) is 0 Å². The summed E-state index contributed by atoms with van der Waals surface area (Å²) >= 11 is 0. The molecule has 2 saturated heterocycles. The molecule has 0 N–H and O–H groups in total. The molecule has 2 aliphatic heterocycles. The summed E-state index contributed by atoms with van der Waals surface area (Å²) in [6.45, 7) is 11.6. The van der Waals surface area contributed by atoms with Crippen molar-refractivity contribution in [3.05, 3.63) is 41.6 Å². The van der Waals surface area contributed by atoms with E-state index in [4.69, 9.17) is 9.72 Å². The maximum atomic E-state index is 5.43. The molecule has 1 aromatic heterocycles. The van der Waals surface area contributed by atoms with Gasteiger partial charge in [0.25, 0.3) is 0 Å². The van der Waals surface area contributed by atoms with Crippen LogP contribution in [0, 0.1) is 13.8 Å². The lowest BCUT2D eigenvalue weighted by Crippen LogP contribution is -2.47. The number of nitrogens with zero attached hydrogens (tertiary/aromatic N) is 5. The maximum absolute atomic E-state index is 5.43. The predicted octanol–water partition coefficient (Wildman–Crippen LogP) is 2.26. The van der Waals surface area contributed by atoms with Crippen LogP contribution < -0.4 is 14.7 Å². The van der Waals surface area contributed by atoms with Gasteiger partial charge < -0.3 is 19.4 Å². The van der Waals surface area contributed by atoms with E-state index < -0.39 is 0 Å². The first-order chi connectivity index (χ1) is 12.7. The van der Waals surface area contributed by atoms with Gasteiger partial charge in [0.05, 0.1) is 13.2 Å². The normalized spacial score (nSPS) is 18.3.